The van der Waals surface area contributed by atoms with Gasteiger partial charge in [0.05, 0.1) is 11.8 Å². The number of hydrogen-bond donors (Lipinski definition) is 2. The van der Waals surface area contributed by atoms with E-state index in [1.54, 1.807) is 0 Å². The van der Waals surface area contributed by atoms with E-state index in [-0.39, 0.29) is 6.10 Å². The molecule has 1 aromatic heterocycles. The first-order chi connectivity index (χ1) is 18.7. The Bertz CT molecular complexity index is 1060. The SMILES string of the molecule is CC.Cc1cc(SC2CC3(CCN(C(C)C)CC3)C2)ccc1Nc1ncc(C(C)C)c(C2CCC(O)CC2)n1. The van der Waals surface area contributed by atoms with Crippen LogP contribution >= 0.6 is 11.8 Å². The van der Waals surface area contributed by atoms with E-state index < -0.39 is 0 Å². The van der Waals surface area contributed by atoms with Crippen molar-refractivity contribution in [3.63, 3.8) is 0 Å². The highest BCUT2D eigenvalue weighted by Gasteiger charge is 2.46. The predicted molar refractivity (Wildman–Crippen MR) is 166 cm³/mol. The van der Waals surface area contributed by atoms with E-state index in [0.29, 0.717) is 29.2 Å². The Hall–Kier alpha value is -1.63. The molecule has 216 valence electrons. The number of aryl methyl sites for hydroxylation is 1. The monoisotopic (exact) mass is 552 g/mol. The highest BCUT2D eigenvalue weighted by atomic mass is 32.2. The smallest absolute Gasteiger partial charge is 0.227 e. The number of likely N-dealkylation sites (tertiary alicyclic amines) is 1. The summed E-state index contributed by atoms with van der Waals surface area (Å²) in [4.78, 5) is 13.7. The fraction of sp³-hybridized carbons (Fsp3) is 0.697. The summed E-state index contributed by atoms with van der Waals surface area (Å²) in [5.41, 5.74) is 5.35. The Labute approximate surface area is 242 Å². The number of hydrogen-bond acceptors (Lipinski definition) is 6. The fourth-order valence-electron chi connectivity index (χ4n) is 6.66. The minimum Gasteiger partial charge on any atom is -0.393 e. The van der Waals surface area contributed by atoms with Crippen LogP contribution in [0.3, 0.4) is 0 Å². The normalized spacial score (nSPS) is 23.4. The summed E-state index contributed by atoms with van der Waals surface area (Å²) >= 11 is 2.07. The third kappa shape index (κ3) is 7.37. The summed E-state index contributed by atoms with van der Waals surface area (Å²) < 4.78 is 0. The summed E-state index contributed by atoms with van der Waals surface area (Å²) in [6.07, 6.45) is 11.1. The molecule has 2 saturated carbocycles. The van der Waals surface area contributed by atoms with Gasteiger partial charge in [-0.1, -0.05) is 27.7 Å². The molecule has 2 aromatic rings. The van der Waals surface area contributed by atoms with Crippen molar-refractivity contribution in [3.05, 3.63) is 41.2 Å². The first-order valence-corrected chi connectivity index (χ1v) is 16.4. The van der Waals surface area contributed by atoms with Crippen molar-refractivity contribution in [3.8, 4) is 0 Å². The Morgan fingerprint density at radius 1 is 1.03 bits per heavy atom. The summed E-state index contributed by atoms with van der Waals surface area (Å²) in [5.74, 6) is 1.48. The zero-order valence-electron chi connectivity index (χ0n) is 25.5. The predicted octanol–water partition coefficient (Wildman–Crippen LogP) is 8.44. The van der Waals surface area contributed by atoms with Gasteiger partial charge in [-0.15, -0.1) is 11.8 Å². The van der Waals surface area contributed by atoms with Crippen LogP contribution in [0.5, 0.6) is 0 Å². The van der Waals surface area contributed by atoms with Crippen molar-refractivity contribution in [1.82, 2.24) is 14.9 Å². The number of piperidine rings is 1. The standard InChI is InChI=1S/C31H46N4OS.C2H6/c1-20(2)27-19-32-30(34-29(27)23-6-8-24(36)9-7-23)33-28-11-10-25(16-22(28)5)37-26-17-31(18-26)12-14-35(15-13-31)21(3)4;1-2/h10-11,16,19-21,23-24,26,36H,6-9,12-15,17-18H2,1-5H3,(H,32,33,34);1-2H3. The maximum absolute atomic E-state index is 9.97. The highest BCUT2D eigenvalue weighted by Crippen LogP contribution is 2.55. The van der Waals surface area contributed by atoms with Gasteiger partial charge in [0.2, 0.25) is 5.95 Å². The van der Waals surface area contributed by atoms with E-state index in [0.717, 1.165) is 36.6 Å². The largest absolute Gasteiger partial charge is 0.393 e. The average Bonchev–Trinajstić information content (AvgIpc) is 2.91. The molecule has 0 amide bonds. The number of aliphatic hydroxyl groups is 1. The highest BCUT2D eigenvalue weighted by molar-refractivity contribution is 8.00. The average molecular weight is 553 g/mol. The van der Waals surface area contributed by atoms with E-state index in [1.165, 1.54) is 60.5 Å². The third-order valence-electron chi connectivity index (χ3n) is 9.21. The van der Waals surface area contributed by atoms with Crippen LogP contribution in [0.25, 0.3) is 0 Å². The summed E-state index contributed by atoms with van der Waals surface area (Å²) in [6.45, 7) is 17.8. The molecule has 1 aromatic carbocycles. The lowest BCUT2D eigenvalue weighted by Crippen LogP contribution is -2.49. The quantitative estimate of drug-likeness (QED) is 0.359. The molecular formula is C33H52N4OS. The molecule has 3 fully saturated rings. The van der Waals surface area contributed by atoms with Crippen molar-refractivity contribution in [2.75, 3.05) is 18.4 Å². The van der Waals surface area contributed by atoms with Crippen LogP contribution in [0.15, 0.2) is 29.3 Å². The van der Waals surface area contributed by atoms with Gasteiger partial charge in [-0.05, 0) is 126 Å². The van der Waals surface area contributed by atoms with Gasteiger partial charge in [0.1, 0.15) is 0 Å². The van der Waals surface area contributed by atoms with Crippen molar-refractivity contribution < 1.29 is 5.11 Å². The van der Waals surface area contributed by atoms with E-state index in [4.69, 9.17) is 4.98 Å². The molecule has 3 aliphatic rings. The van der Waals surface area contributed by atoms with Crippen LogP contribution in [0.1, 0.15) is 122 Å². The van der Waals surface area contributed by atoms with Gasteiger partial charge in [-0.3, -0.25) is 0 Å². The maximum Gasteiger partial charge on any atom is 0.227 e. The van der Waals surface area contributed by atoms with Gasteiger partial charge in [0, 0.05) is 34.0 Å². The summed E-state index contributed by atoms with van der Waals surface area (Å²) in [6, 6.07) is 7.47. The molecular weight excluding hydrogens is 500 g/mol. The zero-order valence-corrected chi connectivity index (χ0v) is 26.3. The Balaban J connectivity index is 0.00000172. The second-order valence-corrected chi connectivity index (χ2v) is 13.9. The Kier molecular flexibility index (Phi) is 10.4. The number of anilines is 2. The van der Waals surface area contributed by atoms with Crippen LogP contribution in [0, 0.1) is 12.3 Å². The van der Waals surface area contributed by atoms with Crippen LogP contribution in [-0.4, -0.2) is 50.5 Å². The molecule has 0 bridgehead atoms. The molecule has 1 saturated heterocycles. The summed E-state index contributed by atoms with van der Waals surface area (Å²) in [7, 11) is 0. The van der Waals surface area contributed by atoms with Crippen molar-refractivity contribution in [1.29, 1.82) is 0 Å². The Morgan fingerprint density at radius 2 is 1.69 bits per heavy atom. The number of aromatic nitrogens is 2. The van der Waals surface area contributed by atoms with Crippen LogP contribution in [0.4, 0.5) is 11.6 Å². The van der Waals surface area contributed by atoms with Crippen molar-refractivity contribution in [2.24, 2.45) is 5.41 Å². The molecule has 2 heterocycles. The zero-order chi connectivity index (χ0) is 28.2. The lowest BCUT2D eigenvalue weighted by atomic mass is 9.63. The first kappa shape index (κ1) is 30.3. The van der Waals surface area contributed by atoms with Crippen LogP contribution < -0.4 is 5.32 Å². The second-order valence-electron chi connectivity index (χ2n) is 12.6. The molecule has 2 N–H and O–H groups in total. The number of benzene rings is 1. The van der Waals surface area contributed by atoms with Gasteiger partial charge in [0.15, 0.2) is 0 Å². The number of thioether (sulfide) groups is 1. The molecule has 1 aliphatic heterocycles. The molecule has 6 heteroatoms. The van der Waals surface area contributed by atoms with Crippen molar-refractivity contribution >= 4 is 23.4 Å². The van der Waals surface area contributed by atoms with E-state index in [1.807, 2.05) is 20.0 Å². The lowest BCUT2D eigenvalue weighted by Gasteiger charge is -2.52. The second kappa shape index (κ2) is 13.4. The molecule has 0 radical (unpaired) electrons. The van der Waals surface area contributed by atoms with Gasteiger partial charge >= 0.3 is 0 Å². The molecule has 0 unspecified atom stereocenters. The number of nitrogens with zero attached hydrogens (tertiary/aromatic N) is 3. The van der Waals surface area contributed by atoms with Crippen molar-refractivity contribution in [2.45, 2.75) is 134 Å². The van der Waals surface area contributed by atoms with Gasteiger partial charge < -0.3 is 15.3 Å². The molecule has 5 nitrogen and oxygen atoms in total. The first-order valence-electron chi connectivity index (χ1n) is 15.5. The number of aliphatic hydroxyl groups excluding tert-OH is 1. The van der Waals surface area contributed by atoms with Crippen LogP contribution in [-0.2, 0) is 0 Å². The van der Waals surface area contributed by atoms with E-state index in [2.05, 4.69) is 79.8 Å². The van der Waals surface area contributed by atoms with E-state index in [9.17, 15) is 5.11 Å². The summed E-state index contributed by atoms with van der Waals surface area (Å²) in [5, 5.41) is 14.2. The van der Waals surface area contributed by atoms with Gasteiger partial charge in [0.25, 0.3) is 0 Å². The molecule has 0 atom stereocenters. The molecule has 2 aliphatic carbocycles. The third-order valence-corrected chi connectivity index (χ3v) is 10.4. The van der Waals surface area contributed by atoms with Crippen LogP contribution in [0.2, 0.25) is 0 Å². The number of rotatable bonds is 7. The van der Waals surface area contributed by atoms with E-state index >= 15 is 0 Å². The minimum atomic E-state index is -0.152. The molecule has 5 rings (SSSR count). The number of nitrogens with one attached hydrogen (secondary N) is 1. The molecule has 39 heavy (non-hydrogen) atoms. The molecule has 1 spiro atoms. The minimum absolute atomic E-state index is 0.152. The van der Waals surface area contributed by atoms with Gasteiger partial charge in [-0.25, -0.2) is 9.97 Å². The van der Waals surface area contributed by atoms with Gasteiger partial charge in [-0.2, -0.15) is 0 Å². The maximum atomic E-state index is 9.97. The lowest BCUT2D eigenvalue weighted by molar-refractivity contribution is 0.0267. The topological polar surface area (TPSA) is 61.3 Å². The Morgan fingerprint density at radius 3 is 2.28 bits per heavy atom. The fourth-order valence-corrected chi connectivity index (χ4v) is 8.31.